The molecule has 2 aromatic carbocycles. The predicted molar refractivity (Wildman–Crippen MR) is 87.3 cm³/mol. The highest BCUT2D eigenvalue weighted by Crippen LogP contribution is 2.29. The average Bonchev–Trinajstić information content (AvgIpc) is 2.41. The van der Waals surface area contributed by atoms with E-state index in [1.807, 2.05) is 0 Å². The van der Waals surface area contributed by atoms with Gasteiger partial charge in [0.2, 0.25) is 0 Å². The maximum absolute atomic E-state index is 12.2. The van der Waals surface area contributed by atoms with E-state index in [9.17, 15) is 14.9 Å². The van der Waals surface area contributed by atoms with E-state index in [1.54, 1.807) is 18.2 Å². The van der Waals surface area contributed by atoms with Crippen molar-refractivity contribution >= 4 is 54.8 Å². The van der Waals surface area contributed by atoms with Crippen LogP contribution in [0.2, 0.25) is 0 Å². The van der Waals surface area contributed by atoms with Gasteiger partial charge >= 0.3 is 0 Å². The highest BCUT2D eigenvalue weighted by molar-refractivity contribution is 9.11. The van der Waals surface area contributed by atoms with Crippen LogP contribution in [0.4, 0.5) is 17.1 Å². The van der Waals surface area contributed by atoms with Gasteiger partial charge in [-0.2, -0.15) is 0 Å². The van der Waals surface area contributed by atoms with Gasteiger partial charge in [0.15, 0.2) is 0 Å². The summed E-state index contributed by atoms with van der Waals surface area (Å²) in [6, 6.07) is 9.33. The Balaban J connectivity index is 2.33. The van der Waals surface area contributed by atoms with Gasteiger partial charge in [-0.05, 0) is 40.2 Å². The van der Waals surface area contributed by atoms with Gasteiger partial charge in [0.1, 0.15) is 5.69 Å². The van der Waals surface area contributed by atoms with Crippen molar-refractivity contribution < 1.29 is 9.72 Å². The van der Waals surface area contributed by atoms with E-state index < -0.39 is 10.8 Å². The monoisotopic (exact) mass is 413 g/mol. The highest BCUT2D eigenvalue weighted by Gasteiger charge is 2.19. The number of carbonyl (C=O) groups is 1. The Morgan fingerprint density at radius 1 is 1.24 bits per heavy atom. The van der Waals surface area contributed by atoms with Crippen molar-refractivity contribution in [1.29, 1.82) is 0 Å². The van der Waals surface area contributed by atoms with Crippen LogP contribution in [-0.4, -0.2) is 10.8 Å². The smallest absolute Gasteiger partial charge is 0.292 e. The molecule has 0 heterocycles. The van der Waals surface area contributed by atoms with Gasteiger partial charge < -0.3 is 11.1 Å². The van der Waals surface area contributed by atoms with Crippen LogP contribution in [0.5, 0.6) is 0 Å². The Labute approximate surface area is 136 Å². The summed E-state index contributed by atoms with van der Waals surface area (Å²) in [5.41, 5.74) is 5.82. The lowest BCUT2D eigenvalue weighted by atomic mass is 10.1. The molecular weight excluding hydrogens is 406 g/mol. The summed E-state index contributed by atoms with van der Waals surface area (Å²) >= 11 is 6.63. The van der Waals surface area contributed by atoms with Gasteiger partial charge in [-0.1, -0.05) is 22.0 Å². The number of hydrogen-bond donors (Lipinski definition) is 2. The molecule has 0 bridgehead atoms. The number of nitro groups is 1. The fourth-order valence-corrected chi connectivity index (χ4v) is 2.84. The molecular formula is C13H9Br2N3O3. The zero-order chi connectivity index (χ0) is 15.6. The molecule has 0 aliphatic rings. The van der Waals surface area contributed by atoms with Gasteiger partial charge in [0.05, 0.1) is 16.2 Å². The first-order valence-electron chi connectivity index (χ1n) is 5.69. The zero-order valence-corrected chi connectivity index (χ0v) is 13.6. The molecule has 0 aromatic heterocycles. The number of rotatable bonds is 3. The topological polar surface area (TPSA) is 98.3 Å². The van der Waals surface area contributed by atoms with Crippen LogP contribution >= 0.6 is 31.9 Å². The van der Waals surface area contributed by atoms with E-state index in [0.717, 1.165) is 4.47 Å². The van der Waals surface area contributed by atoms with Crippen molar-refractivity contribution in [3.05, 3.63) is 61.0 Å². The summed E-state index contributed by atoms with van der Waals surface area (Å²) in [5, 5.41) is 13.5. The predicted octanol–water partition coefficient (Wildman–Crippen LogP) is 3.95. The first-order chi connectivity index (χ1) is 9.90. The number of carbonyl (C=O) groups excluding carboxylic acids is 1. The molecule has 21 heavy (non-hydrogen) atoms. The Morgan fingerprint density at radius 2 is 1.95 bits per heavy atom. The first kappa shape index (κ1) is 15.5. The molecule has 0 radical (unpaired) electrons. The second-order valence-electron chi connectivity index (χ2n) is 4.07. The highest BCUT2D eigenvalue weighted by atomic mass is 79.9. The van der Waals surface area contributed by atoms with Crippen LogP contribution in [-0.2, 0) is 0 Å². The maximum Gasteiger partial charge on any atom is 0.292 e. The number of para-hydroxylation sites is 1. The van der Waals surface area contributed by atoms with Crippen molar-refractivity contribution in [3.8, 4) is 0 Å². The van der Waals surface area contributed by atoms with Crippen LogP contribution < -0.4 is 11.1 Å². The summed E-state index contributed by atoms with van der Waals surface area (Å²) < 4.78 is 1.52. The van der Waals surface area contributed by atoms with Crippen LogP contribution in [0, 0.1) is 10.1 Å². The number of amides is 1. The van der Waals surface area contributed by atoms with Gasteiger partial charge in [0.25, 0.3) is 11.6 Å². The Morgan fingerprint density at radius 3 is 2.57 bits per heavy atom. The van der Waals surface area contributed by atoms with Gasteiger partial charge in [-0.15, -0.1) is 0 Å². The number of benzene rings is 2. The van der Waals surface area contributed by atoms with E-state index in [0.29, 0.717) is 10.2 Å². The SMILES string of the molecule is Nc1c(C(=O)Nc2ccc(Br)cc2Br)cccc1[N+](=O)[O-]. The third-order valence-electron chi connectivity index (χ3n) is 2.70. The molecule has 3 N–H and O–H groups in total. The third kappa shape index (κ3) is 3.40. The number of nitrogens with two attached hydrogens (primary N) is 1. The molecule has 6 nitrogen and oxygen atoms in total. The van der Waals surface area contributed by atoms with Crippen LogP contribution in [0.25, 0.3) is 0 Å². The molecule has 0 aliphatic heterocycles. The van der Waals surface area contributed by atoms with E-state index in [-0.39, 0.29) is 16.9 Å². The van der Waals surface area contributed by atoms with Crippen molar-refractivity contribution in [2.45, 2.75) is 0 Å². The summed E-state index contributed by atoms with van der Waals surface area (Å²) in [4.78, 5) is 22.4. The first-order valence-corrected chi connectivity index (χ1v) is 7.28. The van der Waals surface area contributed by atoms with E-state index in [4.69, 9.17) is 5.73 Å². The molecule has 0 fully saturated rings. The normalized spacial score (nSPS) is 10.2. The molecule has 0 atom stereocenters. The lowest BCUT2D eigenvalue weighted by Crippen LogP contribution is -2.15. The van der Waals surface area contributed by atoms with Crippen molar-refractivity contribution in [3.63, 3.8) is 0 Å². The second-order valence-corrected chi connectivity index (χ2v) is 5.84. The fourth-order valence-electron chi connectivity index (χ4n) is 1.69. The molecule has 0 spiro atoms. The second kappa shape index (κ2) is 6.23. The molecule has 0 unspecified atom stereocenters. The van der Waals surface area contributed by atoms with Gasteiger partial charge in [-0.3, -0.25) is 14.9 Å². The largest absolute Gasteiger partial charge is 0.393 e. The number of nitro benzene ring substituents is 1. The lowest BCUT2D eigenvalue weighted by molar-refractivity contribution is -0.383. The minimum absolute atomic E-state index is 0.0546. The Kier molecular flexibility index (Phi) is 4.59. The number of anilines is 2. The molecule has 0 saturated carbocycles. The quantitative estimate of drug-likeness (QED) is 0.451. The molecule has 1 amide bonds. The van der Waals surface area contributed by atoms with E-state index in [1.165, 1.54) is 18.2 Å². The van der Waals surface area contributed by atoms with Crippen molar-refractivity contribution in [1.82, 2.24) is 0 Å². The standard InChI is InChI=1S/C13H9Br2N3O3/c14-7-4-5-10(9(15)6-7)17-13(19)8-2-1-3-11(12(8)16)18(20)21/h1-6H,16H2,(H,17,19). The Bertz CT molecular complexity index is 735. The third-order valence-corrected chi connectivity index (χ3v) is 3.85. The summed E-state index contributed by atoms with van der Waals surface area (Å²) in [5.74, 6) is -0.515. The summed E-state index contributed by atoms with van der Waals surface area (Å²) in [6.45, 7) is 0. The van der Waals surface area contributed by atoms with Crippen LogP contribution in [0.15, 0.2) is 45.3 Å². The maximum atomic E-state index is 12.2. The molecule has 108 valence electrons. The number of nitrogens with zero attached hydrogens (tertiary/aromatic N) is 1. The average molecular weight is 415 g/mol. The van der Waals surface area contributed by atoms with Crippen molar-refractivity contribution in [2.75, 3.05) is 11.1 Å². The number of halogens is 2. The summed E-state index contributed by atoms with van der Waals surface area (Å²) in [7, 11) is 0. The minimum atomic E-state index is -0.623. The molecule has 2 rings (SSSR count). The Hall–Kier alpha value is -1.93. The van der Waals surface area contributed by atoms with Crippen LogP contribution in [0.1, 0.15) is 10.4 Å². The number of hydrogen-bond acceptors (Lipinski definition) is 4. The van der Waals surface area contributed by atoms with E-state index in [2.05, 4.69) is 37.2 Å². The number of nitrogen functional groups attached to an aromatic ring is 1. The van der Waals surface area contributed by atoms with E-state index >= 15 is 0 Å². The lowest BCUT2D eigenvalue weighted by Gasteiger charge is -2.09. The fraction of sp³-hybridized carbons (Fsp3) is 0. The molecule has 2 aromatic rings. The van der Waals surface area contributed by atoms with Gasteiger partial charge in [0, 0.05) is 15.0 Å². The van der Waals surface area contributed by atoms with Crippen LogP contribution in [0.3, 0.4) is 0 Å². The molecule has 0 saturated heterocycles. The minimum Gasteiger partial charge on any atom is -0.393 e. The zero-order valence-electron chi connectivity index (χ0n) is 10.5. The molecule has 8 heteroatoms. The van der Waals surface area contributed by atoms with Gasteiger partial charge in [-0.25, -0.2) is 0 Å². The number of nitrogens with one attached hydrogen (secondary N) is 1. The van der Waals surface area contributed by atoms with Crippen molar-refractivity contribution in [2.24, 2.45) is 0 Å². The summed E-state index contributed by atoms with van der Waals surface area (Å²) in [6.07, 6.45) is 0. The molecule has 0 aliphatic carbocycles.